The fourth-order valence-electron chi connectivity index (χ4n) is 1.42. The highest BCUT2D eigenvalue weighted by atomic mass is 79.9. The second-order valence-corrected chi connectivity index (χ2v) is 4.32. The summed E-state index contributed by atoms with van der Waals surface area (Å²) in [6.45, 7) is 0. The molecule has 3 N–H and O–H groups in total. The smallest absolute Gasteiger partial charge is 0.150 e. The van der Waals surface area contributed by atoms with Crippen LogP contribution < -0.4 is 11.1 Å². The minimum Gasteiger partial charge on any atom is -0.383 e. The number of hydrogen-bond acceptors (Lipinski definition) is 6. The van der Waals surface area contributed by atoms with E-state index in [1.165, 1.54) is 6.33 Å². The highest BCUT2D eigenvalue weighted by molar-refractivity contribution is 9.10. The normalized spacial score (nSPS) is 9.42. The summed E-state index contributed by atoms with van der Waals surface area (Å²) in [7, 11) is 0. The molecule has 0 amide bonds. The van der Waals surface area contributed by atoms with Crippen molar-refractivity contribution < 1.29 is 0 Å². The van der Waals surface area contributed by atoms with Crippen LogP contribution in [0, 0.1) is 22.7 Å². The summed E-state index contributed by atoms with van der Waals surface area (Å²) < 4.78 is 0.540. The van der Waals surface area contributed by atoms with E-state index in [4.69, 9.17) is 16.3 Å². The van der Waals surface area contributed by atoms with Gasteiger partial charge in [-0.15, -0.1) is 0 Å². The molecule has 0 aliphatic rings. The first-order valence-electron chi connectivity index (χ1n) is 5.13. The predicted molar refractivity (Wildman–Crippen MR) is 73.3 cm³/mol. The summed E-state index contributed by atoms with van der Waals surface area (Å²) in [4.78, 5) is 7.86. The number of nitrogens with one attached hydrogen (secondary N) is 1. The predicted octanol–water partition coefficient (Wildman–Crippen LogP) is 2.31. The zero-order valence-electron chi connectivity index (χ0n) is 9.55. The minimum absolute atomic E-state index is 0.297. The molecule has 7 heteroatoms. The van der Waals surface area contributed by atoms with Crippen LogP contribution in [0.5, 0.6) is 0 Å². The number of nitrogen functional groups attached to an aromatic ring is 1. The van der Waals surface area contributed by atoms with Crippen molar-refractivity contribution in [3.05, 3.63) is 40.1 Å². The van der Waals surface area contributed by atoms with Crippen LogP contribution in [0.1, 0.15) is 11.1 Å². The lowest BCUT2D eigenvalue weighted by Gasteiger charge is -2.08. The molecule has 0 fully saturated rings. The summed E-state index contributed by atoms with van der Waals surface area (Å²) in [5.74, 6) is 0.799. The Hall–Kier alpha value is -2.64. The number of rotatable bonds is 2. The zero-order valence-corrected chi connectivity index (χ0v) is 11.1. The Morgan fingerprint density at radius 3 is 2.58 bits per heavy atom. The number of halogens is 1. The Morgan fingerprint density at radius 1 is 1.16 bits per heavy atom. The van der Waals surface area contributed by atoms with E-state index in [2.05, 4.69) is 31.2 Å². The lowest BCUT2D eigenvalue weighted by atomic mass is 10.1. The van der Waals surface area contributed by atoms with Crippen molar-refractivity contribution in [1.29, 1.82) is 10.5 Å². The maximum atomic E-state index is 8.96. The number of benzene rings is 1. The molecule has 0 aliphatic heterocycles. The van der Waals surface area contributed by atoms with Gasteiger partial charge in [0.15, 0.2) is 0 Å². The van der Waals surface area contributed by atoms with Crippen molar-refractivity contribution in [2.45, 2.75) is 0 Å². The second-order valence-electron chi connectivity index (χ2n) is 3.53. The highest BCUT2D eigenvalue weighted by Gasteiger charge is 2.08. The first-order valence-corrected chi connectivity index (χ1v) is 5.92. The fourth-order valence-corrected chi connectivity index (χ4v) is 1.72. The summed E-state index contributed by atoms with van der Waals surface area (Å²) in [5, 5.41) is 20.8. The third-order valence-corrected chi connectivity index (χ3v) is 3.12. The molecule has 0 saturated carbocycles. The van der Waals surface area contributed by atoms with E-state index >= 15 is 0 Å². The first kappa shape index (κ1) is 12.8. The summed E-state index contributed by atoms with van der Waals surface area (Å²) in [5.41, 5.74) is 6.90. The van der Waals surface area contributed by atoms with Gasteiger partial charge in [0.05, 0.1) is 11.1 Å². The minimum atomic E-state index is 0.297. The van der Waals surface area contributed by atoms with Gasteiger partial charge in [-0.1, -0.05) is 0 Å². The van der Waals surface area contributed by atoms with Gasteiger partial charge in [0.1, 0.15) is 34.6 Å². The molecule has 92 valence electrons. The zero-order chi connectivity index (χ0) is 13.8. The van der Waals surface area contributed by atoms with E-state index in [0.717, 1.165) is 0 Å². The molecule has 19 heavy (non-hydrogen) atoms. The number of nitrogens with zero attached hydrogens (tertiary/aromatic N) is 4. The highest BCUT2D eigenvalue weighted by Crippen LogP contribution is 2.27. The molecule has 1 aromatic heterocycles. The molecule has 2 aromatic rings. The van der Waals surface area contributed by atoms with Crippen LogP contribution in [-0.4, -0.2) is 9.97 Å². The number of aromatic nitrogens is 2. The largest absolute Gasteiger partial charge is 0.383 e. The van der Waals surface area contributed by atoms with E-state index in [1.54, 1.807) is 18.2 Å². The van der Waals surface area contributed by atoms with Gasteiger partial charge >= 0.3 is 0 Å². The van der Waals surface area contributed by atoms with Crippen molar-refractivity contribution in [3.8, 4) is 12.1 Å². The van der Waals surface area contributed by atoms with Crippen molar-refractivity contribution in [2.75, 3.05) is 11.1 Å². The lowest BCUT2D eigenvalue weighted by Crippen LogP contribution is -2.00. The van der Waals surface area contributed by atoms with Crippen molar-refractivity contribution >= 4 is 33.3 Å². The molecule has 1 heterocycles. The third-order valence-electron chi connectivity index (χ3n) is 2.34. The van der Waals surface area contributed by atoms with Gasteiger partial charge in [0.25, 0.3) is 0 Å². The molecule has 1 aromatic carbocycles. The van der Waals surface area contributed by atoms with Crippen LogP contribution in [-0.2, 0) is 0 Å². The maximum absolute atomic E-state index is 8.96. The molecule has 0 saturated heterocycles. The van der Waals surface area contributed by atoms with Gasteiger partial charge in [-0.25, -0.2) is 9.97 Å². The molecule has 2 rings (SSSR count). The van der Waals surface area contributed by atoms with Crippen molar-refractivity contribution in [1.82, 2.24) is 9.97 Å². The average Bonchev–Trinajstić information content (AvgIpc) is 2.43. The Balaban J connectivity index is 2.38. The molecule has 0 aliphatic carbocycles. The van der Waals surface area contributed by atoms with E-state index in [1.807, 2.05) is 12.1 Å². The Morgan fingerprint density at radius 2 is 1.89 bits per heavy atom. The molecule has 6 nitrogen and oxygen atoms in total. The van der Waals surface area contributed by atoms with Gasteiger partial charge < -0.3 is 11.1 Å². The van der Waals surface area contributed by atoms with E-state index < -0.39 is 0 Å². The molecule has 0 bridgehead atoms. The van der Waals surface area contributed by atoms with E-state index in [0.29, 0.717) is 32.9 Å². The van der Waals surface area contributed by atoms with Crippen molar-refractivity contribution in [2.24, 2.45) is 0 Å². The average molecular weight is 315 g/mol. The SMILES string of the molecule is N#Cc1ccc(Nc2ncnc(N)c2Br)cc1C#N. The van der Waals surface area contributed by atoms with Crippen LogP contribution in [0.3, 0.4) is 0 Å². The Bertz CT molecular complexity index is 713. The summed E-state index contributed by atoms with van der Waals surface area (Å²) in [6, 6.07) is 8.75. The van der Waals surface area contributed by atoms with Crippen LogP contribution in [0.15, 0.2) is 29.0 Å². The Labute approximate surface area is 117 Å². The molecule has 0 radical (unpaired) electrons. The third kappa shape index (κ3) is 2.62. The maximum Gasteiger partial charge on any atom is 0.150 e. The Kier molecular flexibility index (Phi) is 3.60. The van der Waals surface area contributed by atoms with Gasteiger partial charge in [-0.3, -0.25) is 0 Å². The lowest BCUT2D eigenvalue weighted by molar-refractivity contribution is 1.16. The number of hydrogen-bond donors (Lipinski definition) is 2. The number of anilines is 3. The van der Waals surface area contributed by atoms with E-state index in [9.17, 15) is 0 Å². The van der Waals surface area contributed by atoms with Gasteiger partial charge in [-0.2, -0.15) is 10.5 Å². The van der Waals surface area contributed by atoms with Gasteiger partial charge in [0, 0.05) is 5.69 Å². The van der Waals surface area contributed by atoms with Crippen LogP contribution in [0.4, 0.5) is 17.3 Å². The standard InChI is InChI=1S/C12H7BrN6/c13-10-11(16)17-6-18-12(10)19-9-2-1-7(4-14)8(3-9)5-15/h1-3,6H,(H3,16,17,18,19). The number of nitrogens with two attached hydrogens (primary N) is 1. The van der Waals surface area contributed by atoms with Gasteiger partial charge in [0.2, 0.25) is 0 Å². The quantitative estimate of drug-likeness (QED) is 0.879. The topological polar surface area (TPSA) is 111 Å². The summed E-state index contributed by atoms with van der Waals surface area (Å²) >= 11 is 3.27. The molecular weight excluding hydrogens is 308 g/mol. The van der Waals surface area contributed by atoms with Crippen LogP contribution in [0.25, 0.3) is 0 Å². The van der Waals surface area contributed by atoms with Crippen molar-refractivity contribution in [3.63, 3.8) is 0 Å². The first-order chi connectivity index (χ1) is 9.15. The molecule has 0 unspecified atom stereocenters. The van der Waals surface area contributed by atoms with E-state index in [-0.39, 0.29) is 0 Å². The second kappa shape index (κ2) is 5.34. The molecular formula is C12H7BrN6. The molecule has 0 spiro atoms. The fraction of sp³-hybridized carbons (Fsp3) is 0. The van der Waals surface area contributed by atoms with Crippen LogP contribution in [0.2, 0.25) is 0 Å². The summed E-state index contributed by atoms with van der Waals surface area (Å²) in [6.07, 6.45) is 1.33. The van der Waals surface area contributed by atoms with Crippen LogP contribution >= 0.6 is 15.9 Å². The monoisotopic (exact) mass is 314 g/mol. The molecule has 0 atom stereocenters. The van der Waals surface area contributed by atoms with Gasteiger partial charge in [-0.05, 0) is 34.1 Å². The number of nitriles is 2.